The Labute approximate surface area is 111 Å². The van der Waals surface area contributed by atoms with Gasteiger partial charge in [-0.05, 0) is 53.1 Å². The van der Waals surface area contributed by atoms with Crippen LogP contribution in [-0.4, -0.2) is 23.0 Å². The molecule has 1 aliphatic rings. The predicted octanol–water partition coefficient (Wildman–Crippen LogP) is 3.15. The van der Waals surface area contributed by atoms with Crippen molar-refractivity contribution in [3.8, 4) is 0 Å². The van der Waals surface area contributed by atoms with Crippen LogP contribution in [0.2, 0.25) is 0 Å². The Kier molecular flexibility index (Phi) is 4.13. The second-order valence-electron chi connectivity index (χ2n) is 6.49. The molecule has 0 amide bonds. The van der Waals surface area contributed by atoms with E-state index in [4.69, 9.17) is 4.42 Å². The van der Waals surface area contributed by atoms with Crippen LogP contribution in [0, 0.1) is 0 Å². The summed E-state index contributed by atoms with van der Waals surface area (Å²) in [6, 6.07) is 2.88. The second-order valence-corrected chi connectivity index (χ2v) is 6.49. The molecule has 0 saturated carbocycles. The quantitative estimate of drug-likeness (QED) is 0.890. The molecule has 1 atom stereocenters. The highest BCUT2D eigenvalue weighted by atomic mass is 16.3. The summed E-state index contributed by atoms with van der Waals surface area (Å²) < 4.78 is 5.66. The first-order valence-electron chi connectivity index (χ1n) is 6.99. The number of rotatable bonds is 4. The monoisotopic (exact) mass is 250 g/mol. The molecule has 1 aliphatic heterocycles. The first-order chi connectivity index (χ1) is 8.44. The minimum absolute atomic E-state index is 0.154. The van der Waals surface area contributed by atoms with Gasteiger partial charge in [0.1, 0.15) is 5.76 Å². The highest BCUT2D eigenvalue weighted by molar-refractivity contribution is 5.13. The molecule has 0 aliphatic carbocycles. The Hall–Kier alpha value is -0.800. The van der Waals surface area contributed by atoms with Gasteiger partial charge < -0.3 is 9.73 Å². The van der Waals surface area contributed by atoms with Gasteiger partial charge in [-0.25, -0.2) is 0 Å². The molecule has 2 rings (SSSR count). The second kappa shape index (κ2) is 5.45. The molecule has 1 N–H and O–H groups in total. The Morgan fingerprint density at radius 1 is 1.44 bits per heavy atom. The van der Waals surface area contributed by atoms with Crippen molar-refractivity contribution in [1.82, 2.24) is 10.2 Å². The lowest BCUT2D eigenvalue weighted by atomic mass is 10.1. The molecule has 2 heterocycles. The maximum atomic E-state index is 5.66. The van der Waals surface area contributed by atoms with Gasteiger partial charge in [0.2, 0.25) is 0 Å². The molecule has 3 heteroatoms. The number of hydrogen-bond acceptors (Lipinski definition) is 3. The van der Waals surface area contributed by atoms with Crippen molar-refractivity contribution in [2.75, 3.05) is 6.54 Å². The van der Waals surface area contributed by atoms with Crippen LogP contribution in [0.1, 0.15) is 51.9 Å². The maximum absolute atomic E-state index is 5.66. The summed E-state index contributed by atoms with van der Waals surface area (Å²) in [5.74, 6) is 1.09. The summed E-state index contributed by atoms with van der Waals surface area (Å²) >= 11 is 0. The fraction of sp³-hybridized carbons (Fsp3) is 0.733. The van der Waals surface area contributed by atoms with Gasteiger partial charge in [-0.15, -0.1) is 0 Å². The first-order valence-corrected chi connectivity index (χ1v) is 6.99. The number of furan rings is 1. The minimum Gasteiger partial charge on any atom is -0.468 e. The molecular weight excluding hydrogens is 224 g/mol. The molecule has 0 spiro atoms. The van der Waals surface area contributed by atoms with Crippen LogP contribution >= 0.6 is 0 Å². The van der Waals surface area contributed by atoms with Crippen LogP contribution in [-0.2, 0) is 13.1 Å². The summed E-state index contributed by atoms with van der Waals surface area (Å²) in [4.78, 5) is 2.50. The number of likely N-dealkylation sites (tertiary alicyclic amines) is 1. The Balaban J connectivity index is 1.86. The molecule has 1 aromatic rings. The van der Waals surface area contributed by atoms with Gasteiger partial charge in [0.25, 0.3) is 0 Å². The van der Waals surface area contributed by atoms with Crippen molar-refractivity contribution < 1.29 is 4.42 Å². The van der Waals surface area contributed by atoms with E-state index in [1.54, 1.807) is 0 Å². The fourth-order valence-electron chi connectivity index (χ4n) is 2.40. The van der Waals surface area contributed by atoms with E-state index in [1.165, 1.54) is 24.9 Å². The van der Waals surface area contributed by atoms with Crippen molar-refractivity contribution in [2.24, 2.45) is 0 Å². The van der Waals surface area contributed by atoms with E-state index in [2.05, 4.69) is 44.0 Å². The molecule has 0 bridgehead atoms. The van der Waals surface area contributed by atoms with E-state index >= 15 is 0 Å². The SMILES string of the molecule is CC1CCCN1Cc1cc(CNC(C)(C)C)co1. The zero-order valence-electron chi connectivity index (χ0n) is 12.1. The molecule has 1 aromatic heterocycles. The average Bonchev–Trinajstić information content (AvgIpc) is 2.86. The Bertz CT molecular complexity index is 378. The first kappa shape index (κ1) is 13.6. The molecule has 1 fully saturated rings. The van der Waals surface area contributed by atoms with Crippen molar-refractivity contribution in [3.63, 3.8) is 0 Å². The van der Waals surface area contributed by atoms with Crippen molar-refractivity contribution in [3.05, 3.63) is 23.7 Å². The van der Waals surface area contributed by atoms with E-state index in [9.17, 15) is 0 Å². The Morgan fingerprint density at radius 2 is 2.22 bits per heavy atom. The molecule has 0 aromatic carbocycles. The smallest absolute Gasteiger partial charge is 0.118 e. The third-order valence-electron chi connectivity index (χ3n) is 3.58. The van der Waals surface area contributed by atoms with Gasteiger partial charge in [-0.1, -0.05) is 0 Å². The number of nitrogens with one attached hydrogen (secondary N) is 1. The zero-order chi connectivity index (χ0) is 13.2. The molecule has 18 heavy (non-hydrogen) atoms. The van der Waals surface area contributed by atoms with Gasteiger partial charge in [0.15, 0.2) is 0 Å². The van der Waals surface area contributed by atoms with Crippen LogP contribution < -0.4 is 5.32 Å². The van der Waals surface area contributed by atoms with Crippen molar-refractivity contribution >= 4 is 0 Å². The van der Waals surface area contributed by atoms with Gasteiger partial charge in [-0.3, -0.25) is 4.90 Å². The molecule has 102 valence electrons. The van der Waals surface area contributed by atoms with Crippen LogP contribution in [0.25, 0.3) is 0 Å². The summed E-state index contributed by atoms with van der Waals surface area (Å²) in [7, 11) is 0. The lowest BCUT2D eigenvalue weighted by molar-refractivity contribution is 0.238. The van der Waals surface area contributed by atoms with Crippen molar-refractivity contribution in [1.29, 1.82) is 0 Å². The van der Waals surface area contributed by atoms with Crippen LogP contribution in [0.5, 0.6) is 0 Å². The van der Waals surface area contributed by atoms with E-state index in [0.717, 1.165) is 18.8 Å². The molecule has 0 radical (unpaired) electrons. The van der Waals surface area contributed by atoms with Gasteiger partial charge in [-0.2, -0.15) is 0 Å². The molecule has 1 saturated heterocycles. The van der Waals surface area contributed by atoms with E-state index < -0.39 is 0 Å². The summed E-state index contributed by atoms with van der Waals surface area (Å²) in [5.41, 5.74) is 1.40. The van der Waals surface area contributed by atoms with Gasteiger partial charge in [0.05, 0.1) is 12.8 Å². The molecule has 1 unspecified atom stereocenters. The van der Waals surface area contributed by atoms with Crippen molar-refractivity contribution in [2.45, 2.75) is 65.2 Å². The third kappa shape index (κ3) is 3.85. The van der Waals surface area contributed by atoms with Gasteiger partial charge >= 0.3 is 0 Å². The van der Waals surface area contributed by atoms with E-state index in [-0.39, 0.29) is 5.54 Å². The summed E-state index contributed by atoms with van der Waals surface area (Å²) in [5, 5.41) is 3.48. The lowest BCUT2D eigenvalue weighted by Gasteiger charge is -2.20. The van der Waals surface area contributed by atoms with Crippen LogP contribution in [0.4, 0.5) is 0 Å². The molecular formula is C15H26N2O. The molecule has 3 nitrogen and oxygen atoms in total. The number of nitrogens with zero attached hydrogens (tertiary/aromatic N) is 1. The summed E-state index contributed by atoms with van der Waals surface area (Å²) in [6.07, 6.45) is 4.52. The standard InChI is InChI=1S/C15H26N2O/c1-12-6-5-7-17(12)10-14-8-13(11-18-14)9-16-15(2,3)4/h8,11-12,16H,5-7,9-10H2,1-4H3. The maximum Gasteiger partial charge on any atom is 0.118 e. The number of hydrogen-bond donors (Lipinski definition) is 1. The summed E-state index contributed by atoms with van der Waals surface area (Å²) in [6.45, 7) is 11.9. The minimum atomic E-state index is 0.154. The predicted molar refractivity (Wildman–Crippen MR) is 74.4 cm³/mol. The van der Waals surface area contributed by atoms with E-state index in [1.807, 2.05) is 6.26 Å². The highest BCUT2D eigenvalue weighted by Gasteiger charge is 2.21. The largest absolute Gasteiger partial charge is 0.468 e. The van der Waals surface area contributed by atoms with Crippen LogP contribution in [0.3, 0.4) is 0 Å². The fourth-order valence-corrected chi connectivity index (χ4v) is 2.40. The van der Waals surface area contributed by atoms with Crippen LogP contribution in [0.15, 0.2) is 16.7 Å². The topological polar surface area (TPSA) is 28.4 Å². The van der Waals surface area contributed by atoms with E-state index in [0.29, 0.717) is 6.04 Å². The average molecular weight is 250 g/mol. The third-order valence-corrected chi connectivity index (χ3v) is 3.58. The van der Waals surface area contributed by atoms with Gasteiger partial charge in [0, 0.05) is 23.7 Å². The highest BCUT2D eigenvalue weighted by Crippen LogP contribution is 2.20. The zero-order valence-corrected chi connectivity index (χ0v) is 12.1. The Morgan fingerprint density at radius 3 is 2.83 bits per heavy atom. The lowest BCUT2D eigenvalue weighted by Crippen LogP contribution is -2.34. The normalized spacial score (nSPS) is 21.7.